The summed E-state index contributed by atoms with van der Waals surface area (Å²) in [6, 6.07) is 72.8. The first-order valence-electron chi connectivity index (χ1n) is 26.8. The molecule has 4 bridgehead atoms. The molecule has 0 aliphatic heterocycles. The van der Waals surface area contributed by atoms with Gasteiger partial charge in [-0.25, -0.2) is 0 Å². The van der Waals surface area contributed by atoms with E-state index in [1.165, 1.54) is 130 Å². The molecule has 0 N–H and O–H groups in total. The standard InChI is InChI=1S/C68H62N2/c1-66(2)59-25-13-12-24-57(59)63-58(47-16-6-3-7-17-47)39-56(40-60(63)66)70(54-22-10-5-11-23-54)62-27-15-19-49-38-52-29-28-51-37-48-18-14-26-61(64(48)68(51,52)65(49)62)69(53-20-8-4-9-21-53)55-32-30-50(31-33-55)67-41-44-34-45(42-67)36-46(35-44)43-67/h3-27,30-33,39-40,44-46,51-52H,28-29,34-38,41-43H2,1-2H3. The lowest BCUT2D eigenvalue weighted by Gasteiger charge is -2.57. The minimum absolute atomic E-state index is 0.133. The maximum Gasteiger partial charge on any atom is 0.0505 e. The second-order valence-corrected chi connectivity index (χ2v) is 23.4. The van der Waals surface area contributed by atoms with E-state index in [4.69, 9.17) is 0 Å². The third-order valence-corrected chi connectivity index (χ3v) is 19.5. The Morgan fingerprint density at radius 2 is 0.929 bits per heavy atom. The average Bonchev–Trinajstić information content (AvgIpc) is 4.09. The summed E-state index contributed by atoms with van der Waals surface area (Å²) >= 11 is 0. The average molecular weight is 907 g/mol. The van der Waals surface area contributed by atoms with Gasteiger partial charge in [0.15, 0.2) is 0 Å². The first-order valence-corrected chi connectivity index (χ1v) is 26.8. The van der Waals surface area contributed by atoms with E-state index in [1.54, 1.807) is 16.7 Å². The van der Waals surface area contributed by atoms with Crippen LogP contribution < -0.4 is 9.80 Å². The molecule has 2 heteroatoms. The fourth-order valence-corrected chi connectivity index (χ4v) is 17.2. The Kier molecular flexibility index (Phi) is 8.93. The van der Waals surface area contributed by atoms with Crippen molar-refractivity contribution < 1.29 is 0 Å². The molecule has 2 nitrogen and oxygen atoms in total. The Morgan fingerprint density at radius 1 is 0.429 bits per heavy atom. The van der Waals surface area contributed by atoms with E-state index >= 15 is 0 Å². The maximum absolute atomic E-state index is 2.66. The van der Waals surface area contributed by atoms with E-state index in [9.17, 15) is 0 Å². The first-order chi connectivity index (χ1) is 34.4. The van der Waals surface area contributed by atoms with Crippen molar-refractivity contribution in [1.29, 1.82) is 0 Å². The third kappa shape index (κ3) is 5.80. The molecule has 8 aliphatic carbocycles. The fraction of sp³-hybridized carbons (Fsp3) is 0.294. The lowest BCUT2D eigenvalue weighted by atomic mass is 9.48. The van der Waals surface area contributed by atoms with Crippen molar-refractivity contribution in [3.8, 4) is 22.3 Å². The summed E-state index contributed by atoms with van der Waals surface area (Å²) in [5.41, 5.74) is 23.6. The zero-order valence-corrected chi connectivity index (χ0v) is 40.8. The highest BCUT2D eigenvalue weighted by Crippen LogP contribution is 2.69. The van der Waals surface area contributed by atoms with Crippen LogP contribution in [0.2, 0.25) is 0 Å². The zero-order chi connectivity index (χ0) is 46.3. The summed E-state index contributed by atoms with van der Waals surface area (Å²) in [7, 11) is 0. The van der Waals surface area contributed by atoms with Crippen molar-refractivity contribution >= 4 is 34.1 Å². The number of rotatable bonds is 8. The molecule has 8 aromatic rings. The minimum atomic E-state index is -0.166. The summed E-state index contributed by atoms with van der Waals surface area (Å²) < 4.78 is 0. The van der Waals surface area contributed by atoms with E-state index < -0.39 is 0 Å². The molecule has 70 heavy (non-hydrogen) atoms. The fourth-order valence-electron chi connectivity index (χ4n) is 17.2. The van der Waals surface area contributed by atoms with Crippen molar-refractivity contribution in [2.75, 3.05) is 9.80 Å². The molecule has 5 fully saturated rings. The molecule has 3 atom stereocenters. The molecule has 5 saturated carbocycles. The number of fused-ring (bicyclic) bond motifs is 5. The van der Waals surface area contributed by atoms with Gasteiger partial charge in [-0.2, -0.15) is 0 Å². The van der Waals surface area contributed by atoms with Crippen molar-refractivity contribution in [2.45, 2.75) is 94.3 Å². The van der Waals surface area contributed by atoms with Gasteiger partial charge in [-0.1, -0.05) is 141 Å². The molecule has 3 unspecified atom stereocenters. The molecule has 0 radical (unpaired) electrons. The van der Waals surface area contributed by atoms with Crippen LogP contribution in [-0.2, 0) is 29.1 Å². The second-order valence-electron chi connectivity index (χ2n) is 23.4. The number of nitrogens with zero attached hydrogens (tertiary/aromatic N) is 2. The molecule has 0 saturated heterocycles. The summed E-state index contributed by atoms with van der Waals surface area (Å²) in [6.07, 6.45) is 13.4. The van der Waals surface area contributed by atoms with Crippen molar-refractivity contribution in [3.05, 3.63) is 227 Å². The number of hydrogen-bond acceptors (Lipinski definition) is 2. The van der Waals surface area contributed by atoms with Crippen LogP contribution in [0.4, 0.5) is 34.1 Å². The Bertz CT molecular complexity index is 3310. The van der Waals surface area contributed by atoms with E-state index in [0.717, 1.165) is 30.6 Å². The van der Waals surface area contributed by atoms with Crippen LogP contribution in [0.3, 0.4) is 0 Å². The minimum Gasteiger partial charge on any atom is -0.310 e. The Hall–Kier alpha value is -6.64. The smallest absolute Gasteiger partial charge is 0.0505 e. The lowest BCUT2D eigenvalue weighted by molar-refractivity contribution is -0.00518. The highest BCUT2D eigenvalue weighted by molar-refractivity contribution is 5.97. The van der Waals surface area contributed by atoms with Gasteiger partial charge in [0.2, 0.25) is 0 Å². The van der Waals surface area contributed by atoms with Gasteiger partial charge in [0.25, 0.3) is 0 Å². The second kappa shape index (κ2) is 15.2. The highest BCUT2D eigenvalue weighted by atomic mass is 15.2. The molecule has 16 rings (SSSR count). The van der Waals surface area contributed by atoms with Gasteiger partial charge in [0, 0.05) is 33.6 Å². The van der Waals surface area contributed by atoms with Gasteiger partial charge in [-0.15, -0.1) is 0 Å². The summed E-state index contributed by atoms with van der Waals surface area (Å²) in [6.45, 7) is 4.87. The van der Waals surface area contributed by atoms with Crippen LogP contribution in [0.15, 0.2) is 188 Å². The van der Waals surface area contributed by atoms with Crippen molar-refractivity contribution in [2.24, 2.45) is 29.6 Å². The summed E-state index contributed by atoms with van der Waals surface area (Å²) in [4.78, 5) is 5.31. The van der Waals surface area contributed by atoms with Crippen LogP contribution in [0.25, 0.3) is 22.3 Å². The van der Waals surface area contributed by atoms with Crippen LogP contribution in [0, 0.1) is 29.6 Å². The summed E-state index contributed by atoms with van der Waals surface area (Å²) in [5.74, 6) is 3.84. The topological polar surface area (TPSA) is 6.48 Å². The quantitative estimate of drug-likeness (QED) is 0.150. The molecule has 0 aromatic heterocycles. The Labute approximate surface area is 415 Å². The van der Waals surface area contributed by atoms with Gasteiger partial charge in [0.1, 0.15) is 0 Å². The van der Waals surface area contributed by atoms with Crippen molar-refractivity contribution in [1.82, 2.24) is 0 Å². The predicted octanol–water partition coefficient (Wildman–Crippen LogP) is 17.5. The molecule has 8 aliphatic rings. The summed E-state index contributed by atoms with van der Waals surface area (Å²) in [5, 5.41) is 0. The van der Waals surface area contributed by atoms with Gasteiger partial charge >= 0.3 is 0 Å². The van der Waals surface area contributed by atoms with E-state index in [0.29, 0.717) is 17.3 Å². The molecular weight excluding hydrogens is 845 g/mol. The number of hydrogen-bond donors (Lipinski definition) is 0. The molecular formula is C68H62N2. The molecule has 1 spiro atoms. The molecule has 344 valence electrons. The van der Waals surface area contributed by atoms with Crippen LogP contribution in [-0.4, -0.2) is 0 Å². The van der Waals surface area contributed by atoms with Gasteiger partial charge in [-0.05, 0) is 221 Å². The number of anilines is 6. The zero-order valence-electron chi connectivity index (χ0n) is 40.8. The SMILES string of the molecule is CC1(C)c2ccccc2-c2c(-c3ccccc3)cc(N(c3ccccc3)c3cccc4c3C35c6c(cccc6N(c6ccccc6)c6ccc(C78CC9CC(CC(C9)C7)C8)cc6)CC3CCC5C4)cc21. The first kappa shape index (κ1) is 41.2. The van der Waals surface area contributed by atoms with Crippen molar-refractivity contribution in [3.63, 3.8) is 0 Å². The predicted molar refractivity (Wildman–Crippen MR) is 290 cm³/mol. The Morgan fingerprint density at radius 3 is 1.50 bits per heavy atom. The normalized spacial score (nSPS) is 26.5. The Balaban J connectivity index is 0.932. The van der Waals surface area contributed by atoms with Crippen LogP contribution in [0.5, 0.6) is 0 Å². The lowest BCUT2D eigenvalue weighted by Crippen LogP contribution is -2.48. The van der Waals surface area contributed by atoms with Gasteiger partial charge in [-0.3, -0.25) is 0 Å². The molecule has 0 heterocycles. The third-order valence-electron chi connectivity index (χ3n) is 19.5. The number of para-hydroxylation sites is 2. The van der Waals surface area contributed by atoms with Crippen LogP contribution >= 0.6 is 0 Å². The number of benzene rings is 8. The van der Waals surface area contributed by atoms with Gasteiger partial charge in [0.05, 0.1) is 11.4 Å². The van der Waals surface area contributed by atoms with E-state index in [2.05, 4.69) is 212 Å². The van der Waals surface area contributed by atoms with E-state index in [1.807, 2.05) is 0 Å². The van der Waals surface area contributed by atoms with Gasteiger partial charge < -0.3 is 9.80 Å². The maximum atomic E-state index is 2.66. The monoisotopic (exact) mass is 906 g/mol. The molecule has 0 amide bonds. The highest BCUT2D eigenvalue weighted by Gasteiger charge is 2.62. The van der Waals surface area contributed by atoms with Crippen LogP contribution in [0.1, 0.15) is 104 Å². The molecule has 8 aromatic carbocycles. The van der Waals surface area contributed by atoms with E-state index in [-0.39, 0.29) is 10.8 Å². The largest absolute Gasteiger partial charge is 0.310 e.